The minimum absolute atomic E-state index is 0.00356. The van der Waals surface area contributed by atoms with E-state index in [1.807, 2.05) is 0 Å². The van der Waals surface area contributed by atoms with E-state index in [9.17, 15) is 15.0 Å². The van der Waals surface area contributed by atoms with E-state index in [2.05, 4.69) is 27.7 Å². The van der Waals surface area contributed by atoms with Gasteiger partial charge >= 0.3 is 0 Å². The first-order valence-corrected chi connectivity index (χ1v) is 13.3. The third-order valence-electron chi connectivity index (χ3n) is 11.8. The van der Waals surface area contributed by atoms with Gasteiger partial charge in [0.2, 0.25) is 0 Å². The lowest BCUT2D eigenvalue weighted by Gasteiger charge is -2.61. The Morgan fingerprint density at radius 2 is 1.69 bits per heavy atom. The number of hydrogen-bond donors (Lipinski definition) is 2. The molecule has 1 spiro atoms. The van der Waals surface area contributed by atoms with Crippen molar-refractivity contribution in [3.63, 3.8) is 0 Å². The van der Waals surface area contributed by atoms with Crippen LogP contribution in [0, 0.1) is 52.3 Å². The molecule has 6 rings (SSSR count). The second-order valence-corrected chi connectivity index (χ2v) is 13.1. The summed E-state index contributed by atoms with van der Waals surface area (Å²) >= 11 is 0. The molecule has 0 amide bonds. The number of fused-ring (bicyclic) bond motifs is 7. The first-order valence-electron chi connectivity index (χ1n) is 13.3. The van der Waals surface area contributed by atoms with Gasteiger partial charge in [-0.15, -0.1) is 0 Å². The maximum Gasteiger partial charge on any atom is 0.171 e. The zero-order chi connectivity index (χ0) is 22.6. The van der Waals surface area contributed by atoms with Crippen LogP contribution in [0.4, 0.5) is 0 Å². The molecular formula is C27H42O5. The number of hydrogen-bond acceptors (Lipinski definition) is 5. The summed E-state index contributed by atoms with van der Waals surface area (Å²) in [6.07, 6.45) is 6.41. The third kappa shape index (κ3) is 2.69. The number of rotatable bonds is 0. The molecule has 0 radical (unpaired) electrons. The monoisotopic (exact) mass is 446 g/mol. The first-order chi connectivity index (χ1) is 15.1. The average molecular weight is 447 g/mol. The Labute approximate surface area is 192 Å². The number of carbonyl (C=O) groups is 1. The predicted molar refractivity (Wildman–Crippen MR) is 120 cm³/mol. The molecule has 4 aliphatic carbocycles. The SMILES string of the molecule is C[C@@H]1CC[C@@]2(OC1)O[C@H]1C[C@H]3[C@@H]4C(O)C(=O)C5C[C@@H](O)CC[C@]5(C)[C@H]4CC[C@]3(C)[C@H]1[C@@H]2C. The maximum absolute atomic E-state index is 13.4. The van der Waals surface area contributed by atoms with Gasteiger partial charge in [0.1, 0.15) is 6.10 Å². The van der Waals surface area contributed by atoms with Crippen molar-refractivity contribution in [3.8, 4) is 0 Å². The lowest BCUT2D eigenvalue weighted by molar-refractivity contribution is -0.273. The molecule has 32 heavy (non-hydrogen) atoms. The van der Waals surface area contributed by atoms with Crippen molar-refractivity contribution in [1.82, 2.24) is 0 Å². The van der Waals surface area contributed by atoms with Gasteiger partial charge in [0.25, 0.3) is 0 Å². The molecule has 6 aliphatic rings. The van der Waals surface area contributed by atoms with Crippen LogP contribution >= 0.6 is 0 Å². The Bertz CT molecular complexity index is 789. The Kier molecular flexibility index (Phi) is 4.83. The summed E-state index contributed by atoms with van der Waals surface area (Å²) in [5.74, 6) is 1.48. The normalized spacial score (nSPS) is 61.8. The molecule has 0 bridgehead atoms. The fourth-order valence-electron chi connectivity index (χ4n) is 10.0. The highest BCUT2D eigenvalue weighted by atomic mass is 16.7. The molecule has 180 valence electrons. The minimum Gasteiger partial charge on any atom is -0.393 e. The van der Waals surface area contributed by atoms with E-state index in [1.165, 1.54) is 0 Å². The Morgan fingerprint density at radius 3 is 2.41 bits per heavy atom. The van der Waals surface area contributed by atoms with Crippen molar-refractivity contribution in [2.24, 2.45) is 52.3 Å². The Balaban J connectivity index is 1.31. The standard InChI is InChI=1S/C27H42O5/c1-14-5-10-27(31-13-14)15(2)22-20(32-27)12-18-21-17(7-9-26(18,22)4)25(3)8-6-16(28)11-19(25)23(29)24(21)30/h14-22,24,28,30H,5-13H2,1-4H3/t14-,15+,16+,17+,18+,19?,20+,21-,22+,24?,25-,26+,27-/m1/s1. The molecule has 2 saturated heterocycles. The van der Waals surface area contributed by atoms with E-state index in [1.54, 1.807) is 0 Å². The molecule has 0 aromatic rings. The molecule has 2 unspecified atom stereocenters. The van der Waals surface area contributed by atoms with Crippen molar-refractivity contribution < 1.29 is 24.5 Å². The van der Waals surface area contributed by atoms with Crippen molar-refractivity contribution in [2.45, 2.75) is 103 Å². The highest BCUT2D eigenvalue weighted by Crippen LogP contribution is 2.71. The van der Waals surface area contributed by atoms with E-state index < -0.39 is 18.0 Å². The van der Waals surface area contributed by atoms with Crippen molar-refractivity contribution in [3.05, 3.63) is 0 Å². The molecule has 2 aliphatic heterocycles. The molecule has 5 heteroatoms. The van der Waals surface area contributed by atoms with Gasteiger partial charge in [0.15, 0.2) is 11.6 Å². The van der Waals surface area contributed by atoms with Crippen LogP contribution in [0.15, 0.2) is 0 Å². The summed E-state index contributed by atoms with van der Waals surface area (Å²) in [5, 5.41) is 21.6. The molecular weight excluding hydrogens is 404 g/mol. The quantitative estimate of drug-likeness (QED) is 0.589. The number of ether oxygens (including phenoxy) is 2. The fourth-order valence-corrected chi connectivity index (χ4v) is 10.0. The van der Waals surface area contributed by atoms with E-state index in [4.69, 9.17) is 9.47 Å². The van der Waals surface area contributed by atoms with E-state index in [0.29, 0.717) is 36.0 Å². The van der Waals surface area contributed by atoms with Gasteiger partial charge in [-0.25, -0.2) is 0 Å². The van der Waals surface area contributed by atoms with Gasteiger partial charge in [-0.2, -0.15) is 0 Å². The van der Waals surface area contributed by atoms with Crippen molar-refractivity contribution >= 4 is 5.78 Å². The van der Waals surface area contributed by atoms with E-state index >= 15 is 0 Å². The fraction of sp³-hybridized carbons (Fsp3) is 0.963. The van der Waals surface area contributed by atoms with Gasteiger partial charge in [-0.3, -0.25) is 4.79 Å². The Morgan fingerprint density at radius 1 is 0.938 bits per heavy atom. The number of Topliss-reactive ketones (excluding diaryl/α,β-unsaturated/α-hetero) is 1. The maximum atomic E-state index is 13.4. The zero-order valence-corrected chi connectivity index (χ0v) is 20.3. The van der Waals surface area contributed by atoms with Gasteiger partial charge < -0.3 is 19.7 Å². The summed E-state index contributed by atoms with van der Waals surface area (Å²) in [6.45, 7) is 10.1. The van der Waals surface area contributed by atoms with Crippen LogP contribution in [-0.4, -0.2) is 46.7 Å². The molecule has 2 heterocycles. The number of carbonyl (C=O) groups excluding carboxylic acids is 1. The van der Waals surface area contributed by atoms with Crippen molar-refractivity contribution in [2.75, 3.05) is 6.61 Å². The topological polar surface area (TPSA) is 76.0 Å². The smallest absolute Gasteiger partial charge is 0.171 e. The van der Waals surface area contributed by atoms with E-state index in [0.717, 1.165) is 51.6 Å². The number of aliphatic hydroxyl groups excluding tert-OH is 2. The number of ketones is 1. The largest absolute Gasteiger partial charge is 0.393 e. The highest BCUT2D eigenvalue weighted by Gasteiger charge is 2.71. The second kappa shape index (κ2) is 7.02. The molecule has 4 saturated carbocycles. The van der Waals surface area contributed by atoms with E-state index in [-0.39, 0.29) is 34.6 Å². The molecule has 2 N–H and O–H groups in total. The molecule has 5 nitrogen and oxygen atoms in total. The summed E-state index contributed by atoms with van der Waals surface area (Å²) < 4.78 is 13.2. The van der Waals surface area contributed by atoms with Crippen LogP contribution in [0.3, 0.4) is 0 Å². The minimum atomic E-state index is -0.886. The van der Waals surface area contributed by atoms with Gasteiger partial charge in [0, 0.05) is 18.3 Å². The molecule has 0 aromatic carbocycles. The molecule has 0 aromatic heterocycles. The summed E-state index contributed by atoms with van der Waals surface area (Å²) in [4.78, 5) is 13.4. The van der Waals surface area contributed by atoms with Crippen LogP contribution in [0.25, 0.3) is 0 Å². The average Bonchev–Trinajstić information content (AvgIpc) is 3.20. The summed E-state index contributed by atoms with van der Waals surface area (Å²) in [6, 6.07) is 0. The molecule has 6 fully saturated rings. The van der Waals surface area contributed by atoms with Gasteiger partial charge in [0.05, 0.1) is 18.8 Å². The van der Waals surface area contributed by atoms with Crippen molar-refractivity contribution in [1.29, 1.82) is 0 Å². The number of aliphatic hydroxyl groups is 2. The summed E-state index contributed by atoms with van der Waals surface area (Å²) in [5.41, 5.74) is -0.00460. The van der Waals surface area contributed by atoms with Gasteiger partial charge in [-0.05, 0) is 85.4 Å². The lowest BCUT2D eigenvalue weighted by Crippen LogP contribution is -2.63. The summed E-state index contributed by atoms with van der Waals surface area (Å²) in [7, 11) is 0. The molecule has 13 atom stereocenters. The predicted octanol–water partition coefficient (Wildman–Crippen LogP) is 3.94. The Hall–Kier alpha value is -0.490. The lowest BCUT2D eigenvalue weighted by atomic mass is 9.43. The van der Waals surface area contributed by atoms with Crippen LogP contribution in [-0.2, 0) is 14.3 Å². The van der Waals surface area contributed by atoms with Crippen LogP contribution < -0.4 is 0 Å². The van der Waals surface area contributed by atoms with Gasteiger partial charge in [-0.1, -0.05) is 27.7 Å². The highest BCUT2D eigenvalue weighted by molar-refractivity contribution is 5.87. The van der Waals surface area contributed by atoms with Crippen LogP contribution in [0.2, 0.25) is 0 Å². The van der Waals surface area contributed by atoms with Crippen LogP contribution in [0.1, 0.15) is 79.1 Å². The first kappa shape index (κ1) is 22.0. The second-order valence-electron chi connectivity index (χ2n) is 13.1. The zero-order valence-electron chi connectivity index (χ0n) is 20.3. The van der Waals surface area contributed by atoms with Crippen LogP contribution in [0.5, 0.6) is 0 Å². The third-order valence-corrected chi connectivity index (χ3v) is 11.8.